The maximum atomic E-state index is 6.28. The van der Waals surface area contributed by atoms with Crippen LogP contribution in [0, 0.1) is 5.92 Å². The van der Waals surface area contributed by atoms with Gasteiger partial charge in [-0.2, -0.15) is 0 Å². The van der Waals surface area contributed by atoms with Crippen LogP contribution in [0.3, 0.4) is 0 Å². The van der Waals surface area contributed by atoms with Gasteiger partial charge in [0.2, 0.25) is 0 Å². The summed E-state index contributed by atoms with van der Waals surface area (Å²) in [6.07, 6.45) is 5.25. The second-order valence-corrected chi connectivity index (χ2v) is 12.2. The van der Waals surface area contributed by atoms with Gasteiger partial charge in [0.05, 0.1) is 0 Å². The molecule has 1 fully saturated rings. The van der Waals surface area contributed by atoms with E-state index in [2.05, 4.69) is 24.3 Å². The van der Waals surface area contributed by atoms with Gasteiger partial charge in [0.15, 0.2) is 0 Å². The van der Waals surface area contributed by atoms with Crippen molar-refractivity contribution in [3.05, 3.63) is 35.9 Å². The zero-order chi connectivity index (χ0) is 10.7. The van der Waals surface area contributed by atoms with E-state index in [9.17, 15) is 0 Å². The van der Waals surface area contributed by atoms with E-state index < -0.39 is 18.9 Å². The van der Waals surface area contributed by atoms with E-state index in [4.69, 9.17) is 17.0 Å². The Labute approximate surface area is 106 Å². The minimum atomic E-state index is -2.26. The first-order chi connectivity index (χ1) is 7.29. The molecular weight excluding hydrogens is 306 g/mol. The molecule has 1 aromatic rings. The zero-order valence-corrected chi connectivity index (χ0v) is 12.5. The number of halogens is 2. The molecule has 0 radical (unpaired) electrons. The molecule has 1 aromatic carbocycles. The molecule has 0 spiro atoms. The van der Waals surface area contributed by atoms with Crippen LogP contribution in [-0.4, -0.2) is 3.21 Å². The summed E-state index contributed by atoms with van der Waals surface area (Å²) >= 11 is -2.26. The van der Waals surface area contributed by atoms with E-state index in [0.717, 1.165) is 0 Å². The van der Waals surface area contributed by atoms with E-state index in [1.54, 1.807) is 0 Å². The predicted molar refractivity (Wildman–Crippen MR) is 64.2 cm³/mol. The number of hydrogen-bond acceptors (Lipinski definition) is 0. The topological polar surface area (TPSA) is 0 Å². The van der Waals surface area contributed by atoms with Crippen molar-refractivity contribution in [3.8, 4) is 0 Å². The Morgan fingerprint density at radius 3 is 2.20 bits per heavy atom. The molecule has 0 aliphatic heterocycles. The third kappa shape index (κ3) is 3.02. The first-order valence-electron chi connectivity index (χ1n) is 5.39. The molecule has 0 N–H and O–H groups in total. The molecule has 0 bridgehead atoms. The van der Waals surface area contributed by atoms with E-state index in [-0.39, 0.29) is 0 Å². The van der Waals surface area contributed by atoms with Crippen LogP contribution in [0.4, 0.5) is 0 Å². The number of hydrogen-bond donors (Lipinski definition) is 0. The maximum absolute atomic E-state index is 6.28. The van der Waals surface area contributed by atoms with Crippen LogP contribution >= 0.6 is 17.0 Å². The van der Waals surface area contributed by atoms with Crippen molar-refractivity contribution in [2.45, 2.75) is 25.7 Å². The fourth-order valence-electron chi connectivity index (χ4n) is 2.33. The Kier molecular flexibility index (Phi) is 4.61. The number of benzene rings is 1. The monoisotopic (exact) mass is 318 g/mol. The Bertz CT molecular complexity index is 349. The van der Waals surface area contributed by atoms with Gasteiger partial charge in [0.1, 0.15) is 0 Å². The van der Waals surface area contributed by atoms with Crippen LogP contribution in [0.5, 0.6) is 0 Å². The summed E-state index contributed by atoms with van der Waals surface area (Å²) < 4.78 is 1.42. The van der Waals surface area contributed by atoms with Crippen molar-refractivity contribution >= 4 is 20.2 Å². The van der Waals surface area contributed by atoms with Crippen molar-refractivity contribution in [2.75, 3.05) is 0 Å². The van der Waals surface area contributed by atoms with Gasteiger partial charge < -0.3 is 0 Å². The Morgan fingerprint density at radius 1 is 1.07 bits per heavy atom. The molecule has 0 unspecified atom stereocenters. The van der Waals surface area contributed by atoms with Crippen LogP contribution in [0.25, 0.3) is 0 Å². The van der Waals surface area contributed by atoms with Gasteiger partial charge in [0.25, 0.3) is 0 Å². The summed E-state index contributed by atoms with van der Waals surface area (Å²) in [5.41, 5.74) is 1.30. The summed E-state index contributed by atoms with van der Waals surface area (Å²) in [4.78, 5) is 0. The van der Waals surface area contributed by atoms with Crippen LogP contribution in [-0.2, 0) is 18.9 Å². The van der Waals surface area contributed by atoms with E-state index in [1.807, 2.05) is 6.07 Å². The fraction of sp³-hybridized carbons (Fsp3) is 0.417. The van der Waals surface area contributed by atoms with Gasteiger partial charge in [-0.25, -0.2) is 0 Å². The van der Waals surface area contributed by atoms with Crippen LogP contribution in [0.2, 0.25) is 0 Å². The standard InChI is InChI=1S/C12H14.2ClH.Zr/c1-2-6-11(7-3-1)10-12-8-4-5-9-12;;;/h1-3,6-7,12H,4-5,8-9H2;2*1H;/q;;;+2/p-2. The molecule has 1 aliphatic rings. The molecule has 0 heterocycles. The van der Waals surface area contributed by atoms with Crippen LogP contribution in [0.1, 0.15) is 31.2 Å². The fourth-order valence-corrected chi connectivity index (χ4v) is 7.86. The quantitative estimate of drug-likeness (QED) is 0.761. The molecule has 1 saturated carbocycles. The minimum absolute atomic E-state index is 0.678. The van der Waals surface area contributed by atoms with Gasteiger partial charge in [-0.3, -0.25) is 0 Å². The molecule has 0 aromatic heterocycles. The molecule has 0 saturated heterocycles. The average molecular weight is 320 g/mol. The van der Waals surface area contributed by atoms with Crippen molar-refractivity contribution < 1.29 is 18.9 Å². The van der Waals surface area contributed by atoms with Gasteiger partial charge >= 0.3 is 107 Å². The summed E-state index contributed by atoms with van der Waals surface area (Å²) in [6.45, 7) is 0. The van der Waals surface area contributed by atoms with Gasteiger partial charge in [0, 0.05) is 0 Å². The second-order valence-electron chi connectivity index (χ2n) is 4.02. The molecule has 2 rings (SSSR count). The zero-order valence-electron chi connectivity index (χ0n) is 8.55. The molecule has 1 aliphatic carbocycles. The number of rotatable bonds is 2. The molecule has 0 amide bonds. The second kappa shape index (κ2) is 5.75. The van der Waals surface area contributed by atoms with Crippen LogP contribution in [0.15, 0.2) is 30.3 Å². The normalized spacial score (nSPS) is 16.7. The van der Waals surface area contributed by atoms with Crippen molar-refractivity contribution in [1.29, 1.82) is 0 Å². The van der Waals surface area contributed by atoms with E-state index in [1.165, 1.54) is 34.5 Å². The Hall–Kier alpha value is 0.553. The molecule has 0 atom stereocenters. The van der Waals surface area contributed by atoms with Crippen molar-refractivity contribution in [3.63, 3.8) is 0 Å². The Morgan fingerprint density at radius 2 is 1.67 bits per heavy atom. The first kappa shape index (κ1) is 12.0. The average Bonchev–Trinajstić information content (AvgIpc) is 2.72. The molecular formula is C12H14Cl2Zr. The van der Waals surface area contributed by atoms with Gasteiger partial charge in [-0.15, -0.1) is 0 Å². The summed E-state index contributed by atoms with van der Waals surface area (Å²) in [5, 5.41) is 0. The molecule has 80 valence electrons. The third-order valence-electron chi connectivity index (χ3n) is 3.05. The SMILES string of the molecule is [Cl][Zr]([Cl])=[C](c1ccccc1)C1CCCC1. The predicted octanol–water partition coefficient (Wildman–Crippen LogP) is 4.32. The van der Waals surface area contributed by atoms with Gasteiger partial charge in [-0.05, 0) is 0 Å². The third-order valence-corrected chi connectivity index (χ3v) is 8.17. The summed E-state index contributed by atoms with van der Waals surface area (Å²) in [7, 11) is 12.6. The Balaban J connectivity index is 2.33. The molecule has 15 heavy (non-hydrogen) atoms. The summed E-state index contributed by atoms with van der Waals surface area (Å²) in [6, 6.07) is 10.5. The van der Waals surface area contributed by atoms with Crippen molar-refractivity contribution in [2.24, 2.45) is 5.92 Å². The van der Waals surface area contributed by atoms with E-state index in [0.29, 0.717) is 5.92 Å². The first-order valence-corrected chi connectivity index (χ1v) is 13.0. The van der Waals surface area contributed by atoms with E-state index >= 15 is 0 Å². The van der Waals surface area contributed by atoms with Crippen molar-refractivity contribution in [1.82, 2.24) is 0 Å². The molecule has 3 heteroatoms. The van der Waals surface area contributed by atoms with Gasteiger partial charge in [-0.1, -0.05) is 0 Å². The molecule has 0 nitrogen and oxygen atoms in total. The van der Waals surface area contributed by atoms with Crippen LogP contribution < -0.4 is 0 Å². The summed E-state index contributed by atoms with van der Waals surface area (Å²) in [5.74, 6) is 0.678.